The van der Waals surface area contributed by atoms with E-state index in [1.807, 2.05) is 0 Å². The summed E-state index contributed by atoms with van der Waals surface area (Å²) in [6, 6.07) is 0. The Labute approximate surface area is 232 Å². The van der Waals surface area contributed by atoms with Crippen LogP contribution < -0.4 is 0 Å². The quantitative estimate of drug-likeness (QED) is 0.275. The lowest BCUT2D eigenvalue weighted by molar-refractivity contribution is -0.278. The number of allylic oxidation sites excluding steroid dienone is 1. The average molecular weight is 527 g/mol. The smallest absolute Gasteiger partial charge is 0.302 e. The number of fused-ring (bicyclic) bond motifs is 7. The molecule has 214 valence electrons. The van der Waals surface area contributed by atoms with E-state index in [-0.39, 0.29) is 45.8 Å². The predicted octanol–water partition coefficient (Wildman–Crippen LogP) is 8.14. The molecule has 11 atom stereocenters. The zero-order chi connectivity index (χ0) is 28.1. The summed E-state index contributed by atoms with van der Waals surface area (Å²) in [5, 5.41) is 0. The summed E-state index contributed by atoms with van der Waals surface area (Å²) in [6.45, 7) is 24.7. The molecule has 4 heteroatoms. The molecule has 0 saturated heterocycles. The van der Waals surface area contributed by atoms with E-state index in [1.165, 1.54) is 57.4 Å². The molecule has 5 aliphatic rings. The predicted molar refractivity (Wildman–Crippen MR) is 151 cm³/mol. The molecule has 0 aliphatic heterocycles. The van der Waals surface area contributed by atoms with Gasteiger partial charge in [0, 0.05) is 31.1 Å². The molecule has 0 aromatic rings. The maximum Gasteiger partial charge on any atom is 0.302 e. The van der Waals surface area contributed by atoms with Gasteiger partial charge in [0.25, 0.3) is 0 Å². The van der Waals surface area contributed by atoms with Crippen molar-refractivity contribution in [2.45, 2.75) is 132 Å². The molecular weight excluding hydrogens is 472 g/mol. The summed E-state index contributed by atoms with van der Waals surface area (Å²) in [5.41, 5.74) is 1.99. The van der Waals surface area contributed by atoms with E-state index in [2.05, 4.69) is 55.0 Å². The van der Waals surface area contributed by atoms with Crippen molar-refractivity contribution in [3.63, 3.8) is 0 Å². The minimum absolute atomic E-state index is 0.142. The summed E-state index contributed by atoms with van der Waals surface area (Å²) >= 11 is 0. The number of carbonyl (C=O) groups excluding carboxylic acids is 2. The summed E-state index contributed by atoms with van der Waals surface area (Å²) < 4.78 is 12.2. The van der Waals surface area contributed by atoms with Crippen LogP contribution in [-0.4, -0.2) is 24.1 Å². The SMILES string of the molecule is C=C(C)C1CCC2(C)CCC3(C)C(CCC4C5(C)C(OC(C)=O)CC(OC(C)=O)C(C)(C)C5CCC43C)C12. The van der Waals surface area contributed by atoms with Gasteiger partial charge in [0.05, 0.1) is 0 Å². The fourth-order valence-electron chi connectivity index (χ4n) is 12.2. The van der Waals surface area contributed by atoms with Crippen LogP contribution >= 0.6 is 0 Å². The van der Waals surface area contributed by atoms with Gasteiger partial charge in [-0.3, -0.25) is 9.59 Å². The minimum Gasteiger partial charge on any atom is -0.462 e. The molecule has 0 aromatic heterocycles. The zero-order valence-electron chi connectivity index (χ0n) is 25.7. The first-order valence-corrected chi connectivity index (χ1v) is 15.5. The first-order chi connectivity index (χ1) is 17.5. The second kappa shape index (κ2) is 8.84. The van der Waals surface area contributed by atoms with Gasteiger partial charge in [-0.2, -0.15) is 0 Å². The van der Waals surface area contributed by atoms with Crippen LogP contribution in [0.15, 0.2) is 12.2 Å². The first-order valence-electron chi connectivity index (χ1n) is 15.5. The number of ether oxygens (including phenoxy) is 2. The van der Waals surface area contributed by atoms with Crippen molar-refractivity contribution in [2.75, 3.05) is 0 Å². The summed E-state index contributed by atoms with van der Waals surface area (Å²) in [7, 11) is 0. The Morgan fingerprint density at radius 2 is 1.34 bits per heavy atom. The molecule has 38 heavy (non-hydrogen) atoms. The van der Waals surface area contributed by atoms with E-state index in [4.69, 9.17) is 9.47 Å². The van der Waals surface area contributed by atoms with Crippen LogP contribution in [0.1, 0.15) is 120 Å². The Morgan fingerprint density at radius 1 is 0.711 bits per heavy atom. The third-order valence-electron chi connectivity index (χ3n) is 14.1. The molecule has 4 nitrogen and oxygen atoms in total. The number of hydrogen-bond acceptors (Lipinski definition) is 4. The molecule has 5 aliphatic carbocycles. The van der Waals surface area contributed by atoms with Crippen LogP contribution in [0, 0.1) is 56.7 Å². The lowest BCUT2D eigenvalue weighted by Crippen LogP contribution is -2.70. The Hall–Kier alpha value is -1.32. The molecule has 0 spiro atoms. The van der Waals surface area contributed by atoms with Crippen LogP contribution in [0.4, 0.5) is 0 Å². The molecule has 0 aromatic carbocycles. The molecule has 0 radical (unpaired) electrons. The largest absolute Gasteiger partial charge is 0.462 e. The topological polar surface area (TPSA) is 52.6 Å². The molecule has 0 amide bonds. The highest BCUT2D eigenvalue weighted by Gasteiger charge is 2.72. The normalized spacial score (nSPS) is 51.0. The van der Waals surface area contributed by atoms with Crippen LogP contribution in [-0.2, 0) is 19.1 Å². The van der Waals surface area contributed by atoms with Gasteiger partial charge in [-0.15, -0.1) is 0 Å². The Kier molecular flexibility index (Phi) is 6.56. The third kappa shape index (κ3) is 3.66. The van der Waals surface area contributed by atoms with Crippen molar-refractivity contribution in [1.29, 1.82) is 0 Å². The van der Waals surface area contributed by atoms with Gasteiger partial charge < -0.3 is 9.47 Å². The fourth-order valence-corrected chi connectivity index (χ4v) is 12.2. The van der Waals surface area contributed by atoms with Crippen LogP contribution in [0.25, 0.3) is 0 Å². The monoisotopic (exact) mass is 526 g/mol. The fraction of sp³-hybridized carbons (Fsp3) is 0.882. The highest BCUT2D eigenvalue weighted by Crippen LogP contribution is 2.77. The van der Waals surface area contributed by atoms with Crippen molar-refractivity contribution < 1.29 is 19.1 Å². The van der Waals surface area contributed by atoms with Crippen molar-refractivity contribution in [3.8, 4) is 0 Å². The van der Waals surface area contributed by atoms with E-state index in [0.717, 1.165) is 18.3 Å². The van der Waals surface area contributed by atoms with Crippen molar-refractivity contribution in [2.24, 2.45) is 56.7 Å². The lowest BCUT2D eigenvalue weighted by Gasteiger charge is -2.73. The molecule has 0 heterocycles. The number of carbonyl (C=O) groups is 2. The van der Waals surface area contributed by atoms with Gasteiger partial charge in [-0.05, 0) is 104 Å². The number of hydrogen-bond donors (Lipinski definition) is 0. The summed E-state index contributed by atoms with van der Waals surface area (Å²) in [4.78, 5) is 24.6. The average Bonchev–Trinajstić information content (AvgIpc) is 3.15. The number of rotatable bonds is 3. The summed E-state index contributed by atoms with van der Waals surface area (Å²) in [6.07, 6.45) is 10.2. The van der Waals surface area contributed by atoms with Crippen molar-refractivity contribution in [3.05, 3.63) is 12.2 Å². The molecule has 5 fully saturated rings. The van der Waals surface area contributed by atoms with Gasteiger partial charge in [-0.1, -0.05) is 53.7 Å². The second-order valence-electron chi connectivity index (χ2n) is 16.0. The van der Waals surface area contributed by atoms with E-state index in [0.29, 0.717) is 29.6 Å². The first kappa shape index (κ1) is 28.2. The van der Waals surface area contributed by atoms with Crippen molar-refractivity contribution in [1.82, 2.24) is 0 Å². The van der Waals surface area contributed by atoms with Crippen molar-refractivity contribution >= 4 is 11.9 Å². The highest BCUT2D eigenvalue weighted by molar-refractivity contribution is 5.67. The second-order valence-corrected chi connectivity index (χ2v) is 16.0. The van der Waals surface area contributed by atoms with Gasteiger partial charge in [0.15, 0.2) is 0 Å². The molecular formula is C34H54O4. The Bertz CT molecular complexity index is 1010. The Morgan fingerprint density at radius 3 is 1.95 bits per heavy atom. The maximum atomic E-state index is 12.5. The lowest BCUT2D eigenvalue weighted by atomic mass is 9.32. The van der Waals surface area contributed by atoms with E-state index in [1.54, 1.807) is 6.92 Å². The standard InChI is InChI=1S/C34H54O4/c1-20(2)23-13-15-31(7)17-18-32(8)24(29(23)31)11-12-26-33(32,9)16-14-25-30(5,6)27(37-21(3)35)19-28(34(25,26)10)38-22(4)36/h23-29H,1,11-19H2,2-10H3. The molecule has 5 rings (SSSR count). The van der Waals surface area contributed by atoms with Crippen LogP contribution in [0.2, 0.25) is 0 Å². The maximum absolute atomic E-state index is 12.5. The van der Waals surface area contributed by atoms with Gasteiger partial charge in [0.2, 0.25) is 0 Å². The van der Waals surface area contributed by atoms with Crippen LogP contribution in [0.3, 0.4) is 0 Å². The highest BCUT2D eigenvalue weighted by atomic mass is 16.6. The minimum atomic E-state index is -0.240. The third-order valence-corrected chi connectivity index (χ3v) is 14.1. The van der Waals surface area contributed by atoms with E-state index < -0.39 is 0 Å². The molecule has 0 bridgehead atoms. The molecule has 11 unspecified atom stereocenters. The van der Waals surface area contributed by atoms with Crippen LogP contribution in [0.5, 0.6) is 0 Å². The van der Waals surface area contributed by atoms with Gasteiger partial charge in [-0.25, -0.2) is 0 Å². The Balaban J connectivity index is 1.57. The van der Waals surface area contributed by atoms with Gasteiger partial charge >= 0.3 is 11.9 Å². The molecule has 0 N–H and O–H groups in total. The zero-order valence-corrected chi connectivity index (χ0v) is 25.7. The summed E-state index contributed by atoms with van der Waals surface area (Å²) in [5.74, 6) is 2.48. The molecule has 5 saturated carbocycles. The number of esters is 2. The van der Waals surface area contributed by atoms with Gasteiger partial charge in [0.1, 0.15) is 12.2 Å². The van der Waals surface area contributed by atoms with E-state index >= 15 is 0 Å². The van der Waals surface area contributed by atoms with E-state index in [9.17, 15) is 9.59 Å².